The molecule has 1 saturated heterocycles. The standard InChI is InChI=1S/C22H18N2O5/c25-20-18-12-4-5-13(7-6-12)19(18)21(26)24(20)23-11-16-8-9-17(29-16)14-2-1-3-15(10-14)22(27)28/h1-5,8-13,18-19H,6-7H2,(H,27,28)/b23-11-/t12-,13-,18-,19+/m1/s1. The summed E-state index contributed by atoms with van der Waals surface area (Å²) in [5.74, 6) is -0.995. The maximum absolute atomic E-state index is 12.8. The van der Waals surface area contributed by atoms with Gasteiger partial charge in [0.1, 0.15) is 11.5 Å². The van der Waals surface area contributed by atoms with Crippen molar-refractivity contribution >= 4 is 24.0 Å². The van der Waals surface area contributed by atoms with Gasteiger partial charge >= 0.3 is 5.97 Å². The van der Waals surface area contributed by atoms with Crippen molar-refractivity contribution in [2.24, 2.45) is 28.8 Å². The first kappa shape index (κ1) is 17.6. The molecule has 1 aromatic heterocycles. The minimum Gasteiger partial charge on any atom is -0.478 e. The minimum atomic E-state index is -1.02. The lowest BCUT2D eigenvalue weighted by atomic mass is 9.63. The smallest absolute Gasteiger partial charge is 0.335 e. The molecule has 7 heteroatoms. The first-order chi connectivity index (χ1) is 14.0. The molecule has 2 fully saturated rings. The number of benzene rings is 1. The Bertz CT molecular complexity index is 1050. The third-order valence-corrected chi connectivity index (χ3v) is 6.06. The molecular weight excluding hydrogens is 372 g/mol. The fourth-order valence-corrected chi connectivity index (χ4v) is 4.67. The van der Waals surface area contributed by atoms with Gasteiger partial charge in [-0.3, -0.25) is 9.59 Å². The first-order valence-electron chi connectivity index (χ1n) is 9.56. The van der Waals surface area contributed by atoms with Crippen molar-refractivity contribution < 1.29 is 23.9 Å². The van der Waals surface area contributed by atoms with Crippen LogP contribution in [0.4, 0.5) is 0 Å². The Hall–Kier alpha value is -3.48. The second kappa shape index (κ2) is 6.55. The van der Waals surface area contributed by atoms with Gasteiger partial charge in [-0.25, -0.2) is 4.79 Å². The average Bonchev–Trinajstić information content (AvgIpc) is 3.32. The van der Waals surface area contributed by atoms with Gasteiger partial charge in [-0.15, -0.1) is 0 Å². The highest BCUT2D eigenvalue weighted by Crippen LogP contribution is 2.49. The van der Waals surface area contributed by atoms with Gasteiger partial charge in [0, 0.05) is 5.56 Å². The molecule has 4 atom stereocenters. The van der Waals surface area contributed by atoms with Crippen LogP contribution in [0, 0.1) is 23.7 Å². The number of hydrogen-bond donors (Lipinski definition) is 1. The van der Waals surface area contributed by atoms with Gasteiger partial charge in [-0.05, 0) is 48.9 Å². The van der Waals surface area contributed by atoms with E-state index in [2.05, 4.69) is 17.3 Å². The van der Waals surface area contributed by atoms with Crippen LogP contribution in [0.25, 0.3) is 11.3 Å². The average molecular weight is 390 g/mol. The van der Waals surface area contributed by atoms with Crippen molar-refractivity contribution in [1.29, 1.82) is 0 Å². The van der Waals surface area contributed by atoms with Crippen LogP contribution in [0.3, 0.4) is 0 Å². The Kier molecular flexibility index (Phi) is 3.97. The highest BCUT2D eigenvalue weighted by atomic mass is 16.4. The molecular formula is C22H18N2O5. The number of hydrazone groups is 1. The number of nitrogens with zero attached hydrogens (tertiary/aromatic N) is 2. The van der Waals surface area contributed by atoms with E-state index in [0.717, 1.165) is 17.9 Å². The fraction of sp³-hybridized carbons (Fsp3) is 0.273. The number of carbonyl (C=O) groups is 3. The highest BCUT2D eigenvalue weighted by Gasteiger charge is 2.56. The number of carboxylic acid groups (broad SMARTS) is 1. The summed E-state index contributed by atoms with van der Waals surface area (Å²) in [4.78, 5) is 36.7. The van der Waals surface area contributed by atoms with Crippen LogP contribution < -0.4 is 0 Å². The summed E-state index contributed by atoms with van der Waals surface area (Å²) < 4.78 is 5.70. The van der Waals surface area contributed by atoms with E-state index in [1.165, 1.54) is 18.3 Å². The molecule has 2 bridgehead atoms. The molecule has 29 heavy (non-hydrogen) atoms. The van der Waals surface area contributed by atoms with Crippen LogP contribution in [0.5, 0.6) is 0 Å². The van der Waals surface area contributed by atoms with Gasteiger partial charge in [0.25, 0.3) is 11.8 Å². The van der Waals surface area contributed by atoms with Crippen LogP contribution in [0.2, 0.25) is 0 Å². The number of imide groups is 1. The Morgan fingerprint density at radius 3 is 2.38 bits per heavy atom. The number of furan rings is 1. The number of allylic oxidation sites excluding steroid dienone is 2. The number of aromatic carboxylic acids is 1. The summed E-state index contributed by atoms with van der Waals surface area (Å²) in [6, 6.07) is 9.76. The lowest BCUT2D eigenvalue weighted by Crippen LogP contribution is -2.38. The summed E-state index contributed by atoms with van der Waals surface area (Å²) in [6.07, 6.45) is 7.37. The van der Waals surface area contributed by atoms with Gasteiger partial charge in [-0.2, -0.15) is 10.1 Å². The molecule has 1 aliphatic heterocycles. The molecule has 6 rings (SSSR count). The van der Waals surface area contributed by atoms with Crippen molar-refractivity contribution in [2.75, 3.05) is 0 Å². The zero-order valence-corrected chi connectivity index (χ0v) is 15.4. The lowest BCUT2D eigenvalue weighted by molar-refractivity contribution is -0.140. The number of fused-ring (bicyclic) bond motifs is 1. The Labute approximate surface area is 166 Å². The minimum absolute atomic E-state index is 0.123. The number of rotatable bonds is 4. The summed E-state index contributed by atoms with van der Waals surface area (Å²) in [5, 5.41) is 14.2. The number of hydrogen-bond acceptors (Lipinski definition) is 5. The van der Waals surface area contributed by atoms with Crippen LogP contribution in [0.15, 0.2) is 58.1 Å². The quantitative estimate of drug-likeness (QED) is 0.491. The molecule has 146 valence electrons. The molecule has 3 aliphatic carbocycles. The summed E-state index contributed by atoms with van der Waals surface area (Å²) >= 11 is 0. The van der Waals surface area contributed by atoms with E-state index in [0.29, 0.717) is 17.1 Å². The van der Waals surface area contributed by atoms with Crippen LogP contribution >= 0.6 is 0 Å². The van der Waals surface area contributed by atoms with Gasteiger partial charge in [0.05, 0.1) is 23.6 Å². The topological polar surface area (TPSA) is 100 Å². The summed E-state index contributed by atoms with van der Waals surface area (Å²) in [5.41, 5.74) is 0.778. The van der Waals surface area contributed by atoms with E-state index >= 15 is 0 Å². The van der Waals surface area contributed by atoms with E-state index in [9.17, 15) is 14.4 Å². The molecule has 4 aliphatic rings. The molecule has 2 amide bonds. The predicted molar refractivity (Wildman–Crippen MR) is 103 cm³/mol. The number of carboxylic acids is 1. The summed E-state index contributed by atoms with van der Waals surface area (Å²) in [7, 11) is 0. The first-order valence-corrected chi connectivity index (χ1v) is 9.56. The molecule has 1 saturated carbocycles. The number of carbonyl (C=O) groups excluding carboxylic acids is 2. The molecule has 0 spiro atoms. The van der Waals surface area contributed by atoms with Gasteiger partial charge in [-0.1, -0.05) is 24.3 Å². The predicted octanol–water partition coefficient (Wildman–Crippen LogP) is 3.18. The summed E-state index contributed by atoms with van der Waals surface area (Å²) in [6.45, 7) is 0. The molecule has 0 unspecified atom stereocenters. The highest BCUT2D eigenvalue weighted by molar-refractivity contribution is 6.06. The van der Waals surface area contributed by atoms with E-state index in [1.54, 1.807) is 24.3 Å². The third kappa shape index (κ3) is 2.81. The Morgan fingerprint density at radius 1 is 1.07 bits per heavy atom. The van der Waals surface area contributed by atoms with Gasteiger partial charge in [0.15, 0.2) is 0 Å². The zero-order valence-electron chi connectivity index (χ0n) is 15.4. The third-order valence-electron chi connectivity index (χ3n) is 6.06. The Morgan fingerprint density at radius 2 is 1.76 bits per heavy atom. The Balaban J connectivity index is 1.37. The number of amides is 2. The van der Waals surface area contributed by atoms with Crippen LogP contribution in [-0.2, 0) is 9.59 Å². The van der Waals surface area contributed by atoms with Crippen LogP contribution in [0.1, 0.15) is 29.0 Å². The maximum atomic E-state index is 12.8. The monoisotopic (exact) mass is 390 g/mol. The van der Waals surface area contributed by atoms with E-state index in [-0.39, 0.29) is 41.0 Å². The fourth-order valence-electron chi connectivity index (χ4n) is 4.67. The molecule has 1 aromatic carbocycles. The maximum Gasteiger partial charge on any atom is 0.335 e. The molecule has 0 radical (unpaired) electrons. The van der Waals surface area contributed by atoms with Crippen LogP contribution in [-0.4, -0.2) is 34.1 Å². The second-order valence-corrected chi connectivity index (χ2v) is 7.66. The van der Waals surface area contributed by atoms with Crippen molar-refractivity contribution in [3.8, 4) is 11.3 Å². The SMILES string of the molecule is O=C(O)c1cccc(-c2ccc(/C=N\N3C(=O)[C@@H]4[C@H](C3=O)[C@@H]3C=C[C@@H]4CC3)o2)c1. The molecule has 2 heterocycles. The van der Waals surface area contributed by atoms with Crippen molar-refractivity contribution in [3.05, 3.63) is 59.9 Å². The molecule has 7 nitrogen and oxygen atoms in total. The van der Waals surface area contributed by atoms with E-state index < -0.39 is 5.97 Å². The zero-order chi connectivity index (χ0) is 20.1. The largest absolute Gasteiger partial charge is 0.478 e. The molecule has 1 N–H and O–H groups in total. The van der Waals surface area contributed by atoms with Crippen molar-refractivity contribution in [1.82, 2.24) is 5.01 Å². The van der Waals surface area contributed by atoms with E-state index in [4.69, 9.17) is 9.52 Å². The normalized spacial score (nSPS) is 27.8. The lowest BCUT2D eigenvalue weighted by Gasteiger charge is -2.37. The van der Waals surface area contributed by atoms with E-state index in [1.807, 2.05) is 0 Å². The second-order valence-electron chi connectivity index (χ2n) is 7.66. The molecule has 2 aromatic rings. The van der Waals surface area contributed by atoms with Crippen molar-refractivity contribution in [3.63, 3.8) is 0 Å². The van der Waals surface area contributed by atoms with Gasteiger partial charge in [0.2, 0.25) is 0 Å². The van der Waals surface area contributed by atoms with Crippen molar-refractivity contribution in [2.45, 2.75) is 12.8 Å². The van der Waals surface area contributed by atoms with Gasteiger partial charge < -0.3 is 9.52 Å².